The molecule has 4 heteroatoms. The van der Waals surface area contributed by atoms with Crippen LogP contribution in [-0.2, 0) is 11.2 Å². The predicted octanol–water partition coefficient (Wildman–Crippen LogP) is 3.83. The van der Waals surface area contributed by atoms with Gasteiger partial charge in [0, 0.05) is 5.92 Å². The van der Waals surface area contributed by atoms with Crippen LogP contribution in [0, 0.1) is 5.92 Å². The number of benzene rings is 1. The van der Waals surface area contributed by atoms with Gasteiger partial charge in [-0.1, -0.05) is 35.8 Å². The topological polar surface area (TPSA) is 30.0 Å². The average molecular weight is 312 g/mol. The molecule has 1 aromatic carbocycles. The summed E-state index contributed by atoms with van der Waals surface area (Å²) in [6, 6.07) is 6.18. The van der Waals surface area contributed by atoms with Crippen molar-refractivity contribution in [1.82, 2.24) is 4.98 Å². The molecule has 2 nitrogen and oxygen atoms in total. The Morgan fingerprint density at radius 3 is 2.94 bits per heavy atom. The third kappa shape index (κ3) is 2.93. The number of ketones is 1. The summed E-state index contributed by atoms with van der Waals surface area (Å²) in [5.41, 5.74) is 4.05. The Morgan fingerprint density at radius 1 is 1.47 bits per heavy atom. The van der Waals surface area contributed by atoms with Gasteiger partial charge in [-0.2, -0.15) is 0 Å². The minimum atomic E-state index is -0.0899. The van der Waals surface area contributed by atoms with Crippen molar-refractivity contribution in [3.05, 3.63) is 29.3 Å². The van der Waals surface area contributed by atoms with Gasteiger partial charge in [0.2, 0.25) is 0 Å². The summed E-state index contributed by atoms with van der Waals surface area (Å²) in [5.74, 6) is 0.334. The predicted molar refractivity (Wildman–Crippen MR) is 75.9 cm³/mol. The number of carbonyl (C=O) groups excluding carboxylic acids is 1. The highest BCUT2D eigenvalue weighted by molar-refractivity contribution is 9.10. The number of nitrogens with zero attached hydrogens (tertiary/aromatic N) is 1. The molecule has 0 fully saturated rings. The minimum absolute atomic E-state index is 0.0755. The van der Waals surface area contributed by atoms with Crippen molar-refractivity contribution < 1.29 is 4.79 Å². The highest BCUT2D eigenvalue weighted by Crippen LogP contribution is 2.22. The number of hydrogen-bond donors (Lipinski definition) is 0. The molecule has 17 heavy (non-hydrogen) atoms. The second kappa shape index (κ2) is 5.27. The molecule has 0 amide bonds. The van der Waals surface area contributed by atoms with E-state index in [0.717, 1.165) is 11.9 Å². The monoisotopic (exact) mass is 311 g/mol. The van der Waals surface area contributed by atoms with Crippen LogP contribution in [0.25, 0.3) is 10.2 Å². The van der Waals surface area contributed by atoms with Crippen molar-refractivity contribution >= 4 is 43.3 Å². The highest BCUT2D eigenvalue weighted by Gasteiger charge is 2.18. The summed E-state index contributed by atoms with van der Waals surface area (Å²) < 4.78 is 1.18. The van der Waals surface area contributed by atoms with E-state index in [0.29, 0.717) is 0 Å². The standard InChI is InChI=1S/C13H14BrNOS/c1-8(2)13(16)10(14)5-9-3-4-11-12(6-9)17-7-15-11/h3-4,6-8,10H,5H2,1-2H3. The van der Waals surface area contributed by atoms with E-state index in [1.807, 2.05) is 31.5 Å². The first-order chi connectivity index (χ1) is 8.08. The molecule has 0 bridgehead atoms. The first kappa shape index (κ1) is 12.7. The van der Waals surface area contributed by atoms with Crippen LogP contribution in [0.4, 0.5) is 0 Å². The maximum Gasteiger partial charge on any atom is 0.149 e. The van der Waals surface area contributed by atoms with Gasteiger partial charge in [-0.05, 0) is 24.1 Å². The Morgan fingerprint density at radius 2 is 2.24 bits per heavy atom. The molecule has 0 radical (unpaired) electrons. The van der Waals surface area contributed by atoms with E-state index >= 15 is 0 Å². The summed E-state index contributed by atoms with van der Waals surface area (Å²) in [4.78, 5) is 16.0. The largest absolute Gasteiger partial charge is 0.298 e. The van der Waals surface area contributed by atoms with Gasteiger partial charge in [-0.25, -0.2) is 4.98 Å². The van der Waals surface area contributed by atoms with Crippen molar-refractivity contribution in [2.24, 2.45) is 5.92 Å². The van der Waals surface area contributed by atoms with Crippen molar-refractivity contribution in [3.63, 3.8) is 0 Å². The summed E-state index contributed by atoms with van der Waals surface area (Å²) in [6.07, 6.45) is 0.741. The SMILES string of the molecule is CC(C)C(=O)C(Br)Cc1ccc2ncsc2c1. The van der Waals surface area contributed by atoms with Crippen molar-refractivity contribution in [2.75, 3.05) is 0 Å². The molecule has 1 aromatic heterocycles. The Hall–Kier alpha value is -0.740. The number of halogens is 1. The number of thiazole rings is 1. The highest BCUT2D eigenvalue weighted by atomic mass is 79.9. The zero-order valence-electron chi connectivity index (χ0n) is 9.81. The fourth-order valence-corrected chi connectivity index (χ4v) is 3.34. The molecule has 1 atom stereocenters. The molecule has 2 rings (SSSR count). The molecule has 0 aliphatic heterocycles. The molecule has 1 unspecified atom stereocenters. The molecule has 2 aromatic rings. The van der Waals surface area contributed by atoms with Crippen molar-refractivity contribution in [1.29, 1.82) is 0 Å². The minimum Gasteiger partial charge on any atom is -0.298 e. The number of rotatable bonds is 4. The first-order valence-corrected chi connectivity index (χ1v) is 7.37. The van der Waals surface area contributed by atoms with E-state index in [9.17, 15) is 4.79 Å². The Balaban J connectivity index is 2.15. The summed E-state index contributed by atoms with van der Waals surface area (Å²) in [6.45, 7) is 3.87. The number of alkyl halides is 1. The number of fused-ring (bicyclic) bond motifs is 1. The third-order valence-electron chi connectivity index (χ3n) is 2.69. The molecule has 0 spiro atoms. The van der Waals surface area contributed by atoms with E-state index in [1.54, 1.807) is 11.3 Å². The maximum atomic E-state index is 11.8. The summed E-state index contributed by atoms with van der Waals surface area (Å²) in [7, 11) is 0. The maximum absolute atomic E-state index is 11.8. The molecule has 1 heterocycles. The lowest BCUT2D eigenvalue weighted by atomic mass is 10.0. The van der Waals surface area contributed by atoms with Crippen LogP contribution in [0.1, 0.15) is 19.4 Å². The molecule has 0 N–H and O–H groups in total. The molecule has 0 aliphatic carbocycles. The Bertz CT molecular complexity index is 535. The fraction of sp³-hybridized carbons (Fsp3) is 0.385. The Kier molecular flexibility index (Phi) is 3.94. The third-order valence-corrected chi connectivity index (χ3v) is 4.26. The lowest BCUT2D eigenvalue weighted by Crippen LogP contribution is -2.21. The van der Waals surface area contributed by atoms with Gasteiger partial charge < -0.3 is 0 Å². The van der Waals surface area contributed by atoms with E-state index < -0.39 is 0 Å². The Labute approximate surface area is 113 Å². The van der Waals surface area contributed by atoms with Crippen LogP contribution in [0.15, 0.2) is 23.7 Å². The van der Waals surface area contributed by atoms with E-state index in [4.69, 9.17) is 0 Å². The zero-order chi connectivity index (χ0) is 12.4. The molecule has 90 valence electrons. The van der Waals surface area contributed by atoms with Crippen LogP contribution in [0.5, 0.6) is 0 Å². The normalized spacial score (nSPS) is 13.2. The van der Waals surface area contributed by atoms with Gasteiger partial charge >= 0.3 is 0 Å². The quantitative estimate of drug-likeness (QED) is 0.803. The van der Waals surface area contributed by atoms with Crippen LogP contribution in [0.3, 0.4) is 0 Å². The van der Waals surface area contributed by atoms with Gasteiger partial charge in [0.15, 0.2) is 0 Å². The summed E-state index contributed by atoms with van der Waals surface area (Å²) in [5, 5.41) is 0. The number of carbonyl (C=O) groups is 1. The van der Waals surface area contributed by atoms with Crippen LogP contribution >= 0.6 is 27.3 Å². The lowest BCUT2D eigenvalue weighted by molar-refractivity contribution is -0.121. The number of hydrogen-bond acceptors (Lipinski definition) is 3. The second-order valence-corrected chi connectivity index (χ2v) is 6.37. The van der Waals surface area contributed by atoms with Gasteiger partial charge in [0.05, 0.1) is 20.6 Å². The molecule has 0 saturated carbocycles. The molecular formula is C13H14BrNOS. The fourth-order valence-electron chi connectivity index (χ4n) is 1.70. The number of aromatic nitrogens is 1. The van der Waals surface area contributed by atoms with Crippen molar-refractivity contribution in [3.8, 4) is 0 Å². The van der Waals surface area contributed by atoms with Gasteiger partial charge in [-0.3, -0.25) is 4.79 Å². The van der Waals surface area contributed by atoms with Gasteiger partial charge in [0.1, 0.15) is 5.78 Å². The zero-order valence-corrected chi connectivity index (χ0v) is 12.2. The van der Waals surface area contributed by atoms with Gasteiger partial charge in [-0.15, -0.1) is 11.3 Å². The second-order valence-electron chi connectivity index (χ2n) is 4.38. The van der Waals surface area contributed by atoms with E-state index in [1.165, 1.54) is 10.3 Å². The van der Waals surface area contributed by atoms with Crippen molar-refractivity contribution in [2.45, 2.75) is 25.1 Å². The number of Topliss-reactive ketones (excluding diaryl/α,β-unsaturated/α-hetero) is 1. The molecule has 0 saturated heterocycles. The van der Waals surface area contributed by atoms with Gasteiger partial charge in [0.25, 0.3) is 0 Å². The smallest absolute Gasteiger partial charge is 0.149 e. The summed E-state index contributed by atoms with van der Waals surface area (Å²) >= 11 is 5.11. The molecule has 0 aliphatic rings. The van der Waals surface area contributed by atoms with Crippen LogP contribution in [-0.4, -0.2) is 15.6 Å². The first-order valence-electron chi connectivity index (χ1n) is 5.58. The van der Waals surface area contributed by atoms with E-state index in [2.05, 4.69) is 27.0 Å². The van der Waals surface area contributed by atoms with Crippen LogP contribution in [0.2, 0.25) is 0 Å². The van der Waals surface area contributed by atoms with Crippen LogP contribution < -0.4 is 0 Å². The average Bonchev–Trinajstić information content (AvgIpc) is 2.74. The van der Waals surface area contributed by atoms with E-state index in [-0.39, 0.29) is 16.5 Å². The molecular weight excluding hydrogens is 298 g/mol. The lowest BCUT2D eigenvalue weighted by Gasteiger charge is -2.11.